The minimum atomic E-state index is 0.702. The Morgan fingerprint density at radius 2 is 2.06 bits per heavy atom. The van der Waals surface area contributed by atoms with Crippen molar-refractivity contribution in [3.8, 4) is 0 Å². The molecule has 94 valence electrons. The van der Waals surface area contributed by atoms with Gasteiger partial charge >= 0.3 is 0 Å². The minimum Gasteiger partial charge on any atom is -0.311 e. The van der Waals surface area contributed by atoms with Crippen LogP contribution in [0.25, 0.3) is 0 Å². The van der Waals surface area contributed by atoms with Crippen LogP contribution in [-0.2, 0) is 0 Å². The normalized spacial score (nSPS) is 33.8. The SMILES string of the molecule is CC(C)C1CN(CC2CCN(C)C2)CCN1. The van der Waals surface area contributed by atoms with Crippen LogP contribution >= 0.6 is 0 Å². The molecule has 0 aromatic carbocycles. The summed E-state index contributed by atoms with van der Waals surface area (Å²) < 4.78 is 0. The van der Waals surface area contributed by atoms with Crippen molar-refractivity contribution >= 4 is 0 Å². The Morgan fingerprint density at radius 3 is 2.69 bits per heavy atom. The second kappa shape index (κ2) is 5.48. The topological polar surface area (TPSA) is 18.5 Å². The van der Waals surface area contributed by atoms with Gasteiger partial charge in [-0.2, -0.15) is 0 Å². The van der Waals surface area contributed by atoms with Crippen molar-refractivity contribution in [1.29, 1.82) is 0 Å². The molecule has 0 aromatic heterocycles. The molecule has 3 heteroatoms. The van der Waals surface area contributed by atoms with Crippen molar-refractivity contribution in [1.82, 2.24) is 15.1 Å². The Balaban J connectivity index is 1.77. The molecule has 2 rings (SSSR count). The van der Waals surface area contributed by atoms with E-state index in [1.165, 1.54) is 45.7 Å². The summed E-state index contributed by atoms with van der Waals surface area (Å²) in [5.74, 6) is 1.67. The van der Waals surface area contributed by atoms with Crippen molar-refractivity contribution in [2.24, 2.45) is 11.8 Å². The van der Waals surface area contributed by atoms with E-state index in [1.54, 1.807) is 0 Å². The fraction of sp³-hybridized carbons (Fsp3) is 1.00. The summed E-state index contributed by atoms with van der Waals surface area (Å²) in [6, 6.07) is 0.702. The minimum absolute atomic E-state index is 0.702. The van der Waals surface area contributed by atoms with E-state index >= 15 is 0 Å². The summed E-state index contributed by atoms with van der Waals surface area (Å²) in [5.41, 5.74) is 0. The molecule has 2 heterocycles. The van der Waals surface area contributed by atoms with Crippen LogP contribution in [0.4, 0.5) is 0 Å². The second-order valence-electron chi connectivity index (χ2n) is 5.98. The molecule has 0 aromatic rings. The number of hydrogen-bond acceptors (Lipinski definition) is 3. The van der Waals surface area contributed by atoms with Gasteiger partial charge in [-0.1, -0.05) is 13.8 Å². The number of hydrogen-bond donors (Lipinski definition) is 1. The molecular formula is C13H27N3. The summed E-state index contributed by atoms with van der Waals surface area (Å²) in [7, 11) is 2.24. The molecule has 2 atom stereocenters. The van der Waals surface area contributed by atoms with E-state index in [2.05, 4.69) is 36.0 Å². The molecule has 3 nitrogen and oxygen atoms in total. The molecule has 16 heavy (non-hydrogen) atoms. The zero-order valence-corrected chi connectivity index (χ0v) is 11.1. The van der Waals surface area contributed by atoms with Crippen molar-refractivity contribution in [2.75, 3.05) is 46.3 Å². The van der Waals surface area contributed by atoms with Crippen molar-refractivity contribution in [3.63, 3.8) is 0 Å². The van der Waals surface area contributed by atoms with Crippen molar-refractivity contribution in [3.05, 3.63) is 0 Å². The molecule has 2 fully saturated rings. The molecule has 0 aliphatic carbocycles. The molecule has 1 N–H and O–H groups in total. The largest absolute Gasteiger partial charge is 0.311 e. The van der Waals surface area contributed by atoms with Crippen LogP contribution in [0.1, 0.15) is 20.3 Å². The van der Waals surface area contributed by atoms with Gasteiger partial charge in [-0.3, -0.25) is 0 Å². The number of nitrogens with one attached hydrogen (secondary N) is 1. The highest BCUT2D eigenvalue weighted by Crippen LogP contribution is 2.17. The lowest BCUT2D eigenvalue weighted by Gasteiger charge is -2.37. The molecule has 2 aliphatic heterocycles. The van der Waals surface area contributed by atoms with Crippen molar-refractivity contribution in [2.45, 2.75) is 26.3 Å². The van der Waals surface area contributed by atoms with Gasteiger partial charge in [0, 0.05) is 38.8 Å². The van der Waals surface area contributed by atoms with Crippen LogP contribution in [-0.4, -0.2) is 62.2 Å². The van der Waals surface area contributed by atoms with Gasteiger partial charge in [0.25, 0.3) is 0 Å². The first-order valence-corrected chi connectivity index (χ1v) is 6.79. The maximum Gasteiger partial charge on any atom is 0.0218 e. The monoisotopic (exact) mass is 225 g/mol. The lowest BCUT2D eigenvalue weighted by molar-refractivity contribution is 0.154. The predicted octanol–water partition coefficient (Wildman–Crippen LogP) is 0.868. The highest BCUT2D eigenvalue weighted by molar-refractivity contribution is 4.84. The first kappa shape index (κ1) is 12.3. The first-order chi connectivity index (χ1) is 7.65. The first-order valence-electron chi connectivity index (χ1n) is 6.79. The van der Waals surface area contributed by atoms with E-state index in [-0.39, 0.29) is 0 Å². The van der Waals surface area contributed by atoms with Gasteiger partial charge in [-0.15, -0.1) is 0 Å². The third-order valence-corrected chi connectivity index (χ3v) is 4.10. The second-order valence-corrected chi connectivity index (χ2v) is 5.98. The zero-order chi connectivity index (χ0) is 11.5. The van der Waals surface area contributed by atoms with Crippen LogP contribution in [0.5, 0.6) is 0 Å². The van der Waals surface area contributed by atoms with E-state index in [0.29, 0.717) is 6.04 Å². The molecule has 0 spiro atoms. The highest BCUT2D eigenvalue weighted by atomic mass is 15.2. The molecule has 2 aliphatic rings. The molecular weight excluding hydrogens is 198 g/mol. The van der Waals surface area contributed by atoms with E-state index < -0.39 is 0 Å². The van der Waals surface area contributed by atoms with Gasteiger partial charge in [0.2, 0.25) is 0 Å². The average molecular weight is 225 g/mol. The summed E-state index contributed by atoms with van der Waals surface area (Å²) in [5, 5.41) is 3.63. The molecule has 0 bridgehead atoms. The highest BCUT2D eigenvalue weighted by Gasteiger charge is 2.26. The van der Waals surface area contributed by atoms with Crippen molar-refractivity contribution < 1.29 is 0 Å². The van der Waals surface area contributed by atoms with Crippen LogP contribution < -0.4 is 5.32 Å². The average Bonchev–Trinajstić information content (AvgIpc) is 2.64. The van der Waals surface area contributed by atoms with E-state index in [1.807, 2.05) is 0 Å². The third kappa shape index (κ3) is 3.19. The summed E-state index contributed by atoms with van der Waals surface area (Å²) in [4.78, 5) is 5.14. The van der Waals surface area contributed by atoms with E-state index in [9.17, 15) is 0 Å². The summed E-state index contributed by atoms with van der Waals surface area (Å²) in [6.45, 7) is 12.2. The zero-order valence-electron chi connectivity index (χ0n) is 11.1. The van der Waals surface area contributed by atoms with Gasteiger partial charge in [-0.05, 0) is 31.8 Å². The fourth-order valence-corrected chi connectivity index (χ4v) is 2.99. The lowest BCUT2D eigenvalue weighted by Crippen LogP contribution is -2.53. The Labute approximate surface area is 100 Å². The van der Waals surface area contributed by atoms with E-state index in [4.69, 9.17) is 0 Å². The maximum absolute atomic E-state index is 3.63. The number of piperazine rings is 1. The third-order valence-electron chi connectivity index (χ3n) is 4.10. The smallest absolute Gasteiger partial charge is 0.0218 e. The predicted molar refractivity (Wildman–Crippen MR) is 68.7 cm³/mol. The summed E-state index contributed by atoms with van der Waals surface area (Å²) >= 11 is 0. The molecule has 0 saturated carbocycles. The van der Waals surface area contributed by atoms with Crippen LogP contribution in [0.3, 0.4) is 0 Å². The van der Waals surface area contributed by atoms with Gasteiger partial charge in [0.1, 0.15) is 0 Å². The molecule has 2 saturated heterocycles. The van der Waals surface area contributed by atoms with Gasteiger partial charge in [-0.25, -0.2) is 0 Å². The van der Waals surface area contributed by atoms with E-state index in [0.717, 1.165) is 11.8 Å². The fourth-order valence-electron chi connectivity index (χ4n) is 2.99. The molecule has 2 unspecified atom stereocenters. The Hall–Kier alpha value is -0.120. The quantitative estimate of drug-likeness (QED) is 0.769. The Kier molecular flexibility index (Phi) is 4.22. The molecule has 0 amide bonds. The lowest BCUT2D eigenvalue weighted by atomic mass is 10.0. The number of rotatable bonds is 3. The Morgan fingerprint density at radius 1 is 1.25 bits per heavy atom. The standard InChI is InChI=1S/C13H27N3/c1-11(2)13-10-16(7-5-14-13)9-12-4-6-15(3)8-12/h11-14H,4-10H2,1-3H3. The van der Waals surface area contributed by atoms with Crippen LogP contribution in [0.15, 0.2) is 0 Å². The Bertz CT molecular complexity index is 217. The molecule has 0 radical (unpaired) electrons. The van der Waals surface area contributed by atoms with Gasteiger partial charge in [0.15, 0.2) is 0 Å². The van der Waals surface area contributed by atoms with Gasteiger partial charge in [0.05, 0.1) is 0 Å². The number of nitrogens with zero attached hydrogens (tertiary/aromatic N) is 2. The summed E-state index contributed by atoms with van der Waals surface area (Å²) in [6.07, 6.45) is 1.40. The van der Waals surface area contributed by atoms with Crippen LogP contribution in [0.2, 0.25) is 0 Å². The van der Waals surface area contributed by atoms with Crippen LogP contribution in [0, 0.1) is 11.8 Å². The number of likely N-dealkylation sites (tertiary alicyclic amines) is 1. The van der Waals surface area contributed by atoms with Gasteiger partial charge < -0.3 is 15.1 Å². The maximum atomic E-state index is 3.63.